The van der Waals surface area contributed by atoms with E-state index in [1.807, 2.05) is 72.8 Å². The number of rotatable bonds is 9. The standard InChI is InChI=1S/C23H24NO5P/c25-23(29-17-20-9-5-2-6-10-20)24-22(30(26)27)15-18-11-13-21(14-12-18)28-16-19-7-3-1-4-8-19/h1-14,22,30H,15-17H2,(H,24,25)(H,26,27)/t22-/m1/s1. The molecule has 1 amide bonds. The Balaban J connectivity index is 1.50. The van der Waals surface area contributed by atoms with E-state index in [4.69, 9.17) is 9.47 Å². The zero-order chi connectivity index (χ0) is 21.2. The van der Waals surface area contributed by atoms with Gasteiger partial charge in [-0.2, -0.15) is 0 Å². The molecule has 0 aliphatic carbocycles. The Labute approximate surface area is 176 Å². The second-order valence-corrected chi connectivity index (χ2v) is 8.09. The molecule has 3 aromatic rings. The maximum Gasteiger partial charge on any atom is 0.408 e. The van der Waals surface area contributed by atoms with Gasteiger partial charge in [-0.05, 0) is 28.8 Å². The molecule has 0 bridgehead atoms. The summed E-state index contributed by atoms with van der Waals surface area (Å²) < 4.78 is 22.6. The molecule has 7 heteroatoms. The molecule has 3 aromatic carbocycles. The number of nitrogens with one attached hydrogen (secondary N) is 1. The highest BCUT2D eigenvalue weighted by Crippen LogP contribution is 2.25. The lowest BCUT2D eigenvalue weighted by Gasteiger charge is -2.16. The van der Waals surface area contributed by atoms with E-state index in [-0.39, 0.29) is 13.0 Å². The largest absolute Gasteiger partial charge is 0.489 e. The van der Waals surface area contributed by atoms with Crippen molar-refractivity contribution in [3.8, 4) is 5.75 Å². The lowest BCUT2D eigenvalue weighted by atomic mass is 10.1. The summed E-state index contributed by atoms with van der Waals surface area (Å²) in [5.74, 6) is -0.208. The van der Waals surface area contributed by atoms with Crippen LogP contribution in [-0.2, 0) is 28.9 Å². The van der Waals surface area contributed by atoms with E-state index in [0.29, 0.717) is 12.4 Å². The molecule has 0 spiro atoms. The number of ether oxygens (including phenoxy) is 2. The van der Waals surface area contributed by atoms with E-state index >= 15 is 0 Å². The fraction of sp³-hybridized carbons (Fsp3) is 0.174. The fourth-order valence-electron chi connectivity index (χ4n) is 2.81. The minimum Gasteiger partial charge on any atom is -0.489 e. The van der Waals surface area contributed by atoms with Gasteiger partial charge in [0.2, 0.25) is 8.03 Å². The van der Waals surface area contributed by atoms with Crippen molar-refractivity contribution < 1.29 is 23.7 Å². The molecule has 0 heterocycles. The Morgan fingerprint density at radius 3 is 1.97 bits per heavy atom. The minimum absolute atomic E-state index is 0.0964. The summed E-state index contributed by atoms with van der Waals surface area (Å²) in [6.07, 6.45) is -0.507. The third kappa shape index (κ3) is 7.07. The second-order valence-electron chi connectivity index (χ2n) is 6.72. The first-order chi connectivity index (χ1) is 14.6. The quantitative estimate of drug-likeness (QED) is 0.492. The number of hydrogen-bond acceptors (Lipinski definition) is 4. The number of alkyl carbamates (subject to hydrolysis) is 1. The maximum absolute atomic E-state index is 12.0. The summed E-state index contributed by atoms with van der Waals surface area (Å²) in [5.41, 5.74) is 2.72. The third-order valence-electron chi connectivity index (χ3n) is 4.41. The molecule has 2 N–H and O–H groups in total. The highest BCUT2D eigenvalue weighted by atomic mass is 31.1. The van der Waals surface area contributed by atoms with Crippen molar-refractivity contribution in [2.75, 3.05) is 0 Å². The van der Waals surface area contributed by atoms with Gasteiger partial charge in [0.05, 0.1) is 0 Å². The third-order valence-corrected chi connectivity index (χ3v) is 5.36. The van der Waals surface area contributed by atoms with Gasteiger partial charge in [0.25, 0.3) is 0 Å². The fourth-order valence-corrected chi connectivity index (χ4v) is 3.46. The van der Waals surface area contributed by atoms with E-state index in [9.17, 15) is 14.3 Å². The molecule has 2 atom stereocenters. The average Bonchev–Trinajstić information content (AvgIpc) is 2.78. The predicted octanol–water partition coefficient (Wildman–Crippen LogP) is 4.53. The molecular weight excluding hydrogens is 401 g/mol. The highest BCUT2D eigenvalue weighted by molar-refractivity contribution is 7.38. The van der Waals surface area contributed by atoms with E-state index in [1.54, 1.807) is 12.1 Å². The van der Waals surface area contributed by atoms with Gasteiger partial charge in [0.1, 0.15) is 24.7 Å². The summed E-state index contributed by atoms with van der Waals surface area (Å²) in [5, 5.41) is 2.49. The zero-order valence-electron chi connectivity index (χ0n) is 16.4. The molecule has 6 nitrogen and oxygen atoms in total. The zero-order valence-corrected chi connectivity index (χ0v) is 17.4. The van der Waals surface area contributed by atoms with Gasteiger partial charge >= 0.3 is 6.09 Å². The number of hydrogen-bond donors (Lipinski definition) is 2. The Hall–Kier alpha value is -3.08. The number of carbonyl (C=O) groups excluding carboxylic acids is 1. The van der Waals surface area contributed by atoms with E-state index < -0.39 is 19.9 Å². The average molecular weight is 425 g/mol. The number of carbonyl (C=O) groups is 1. The normalized spacial score (nSPS) is 12.6. The molecule has 0 saturated carbocycles. The van der Waals surface area contributed by atoms with Crippen LogP contribution in [0.3, 0.4) is 0 Å². The molecule has 0 fully saturated rings. The van der Waals surface area contributed by atoms with Crippen molar-refractivity contribution in [2.45, 2.75) is 25.4 Å². The second kappa shape index (κ2) is 11.2. The van der Waals surface area contributed by atoms with Crippen LogP contribution in [0, 0.1) is 0 Å². The molecule has 1 unspecified atom stereocenters. The molecule has 0 aromatic heterocycles. The van der Waals surface area contributed by atoms with Crippen molar-refractivity contribution in [3.63, 3.8) is 0 Å². The molecule has 0 saturated heterocycles. The molecule has 0 aliphatic heterocycles. The Morgan fingerprint density at radius 1 is 0.833 bits per heavy atom. The van der Waals surface area contributed by atoms with Crippen LogP contribution in [0.25, 0.3) is 0 Å². The first kappa shape index (κ1) is 21.6. The molecule has 3 rings (SSSR count). The smallest absolute Gasteiger partial charge is 0.408 e. The van der Waals surface area contributed by atoms with Gasteiger partial charge in [-0.15, -0.1) is 0 Å². The number of amides is 1. The van der Waals surface area contributed by atoms with Crippen molar-refractivity contribution in [3.05, 3.63) is 102 Å². The SMILES string of the molecule is O=C(N[C@@H](Cc1ccc(OCc2ccccc2)cc1)[PH](=O)O)OCc1ccccc1. The van der Waals surface area contributed by atoms with Gasteiger partial charge in [-0.1, -0.05) is 72.8 Å². The van der Waals surface area contributed by atoms with Crippen molar-refractivity contribution >= 4 is 14.1 Å². The van der Waals surface area contributed by atoms with Gasteiger partial charge in [-0.25, -0.2) is 4.79 Å². The van der Waals surface area contributed by atoms with E-state index in [0.717, 1.165) is 16.7 Å². The molecular formula is C23H24NO5P. The lowest BCUT2D eigenvalue weighted by molar-refractivity contribution is 0.138. The Kier molecular flexibility index (Phi) is 8.07. The van der Waals surface area contributed by atoms with Gasteiger partial charge in [0, 0.05) is 6.42 Å². The van der Waals surface area contributed by atoms with Crippen LogP contribution >= 0.6 is 8.03 Å². The lowest BCUT2D eigenvalue weighted by Crippen LogP contribution is -2.34. The Morgan fingerprint density at radius 2 is 1.40 bits per heavy atom. The van der Waals surface area contributed by atoms with Crippen LogP contribution in [0.4, 0.5) is 4.79 Å². The van der Waals surface area contributed by atoms with Crippen molar-refractivity contribution in [2.24, 2.45) is 0 Å². The topological polar surface area (TPSA) is 84.9 Å². The van der Waals surface area contributed by atoms with Crippen LogP contribution < -0.4 is 10.1 Å². The first-order valence-corrected chi connectivity index (χ1v) is 11.0. The van der Waals surface area contributed by atoms with Gasteiger partial charge in [-0.3, -0.25) is 4.57 Å². The van der Waals surface area contributed by atoms with E-state index in [1.165, 1.54) is 0 Å². The molecule has 156 valence electrons. The first-order valence-electron chi connectivity index (χ1n) is 9.56. The Bertz CT molecular complexity index is 948. The van der Waals surface area contributed by atoms with E-state index in [2.05, 4.69) is 5.32 Å². The summed E-state index contributed by atoms with van der Waals surface area (Å²) in [6.45, 7) is 0.557. The maximum atomic E-state index is 12.0. The van der Waals surface area contributed by atoms with Crippen LogP contribution in [0.1, 0.15) is 16.7 Å². The van der Waals surface area contributed by atoms with Crippen LogP contribution in [0.2, 0.25) is 0 Å². The van der Waals surface area contributed by atoms with Crippen LogP contribution in [0.5, 0.6) is 5.75 Å². The highest BCUT2D eigenvalue weighted by Gasteiger charge is 2.19. The summed E-state index contributed by atoms with van der Waals surface area (Å²) >= 11 is 0. The van der Waals surface area contributed by atoms with Crippen molar-refractivity contribution in [1.82, 2.24) is 5.32 Å². The van der Waals surface area contributed by atoms with Crippen molar-refractivity contribution in [1.29, 1.82) is 0 Å². The molecule has 30 heavy (non-hydrogen) atoms. The minimum atomic E-state index is -3.00. The van der Waals surface area contributed by atoms with Gasteiger partial charge in [0.15, 0.2) is 0 Å². The predicted molar refractivity (Wildman–Crippen MR) is 116 cm³/mol. The van der Waals surface area contributed by atoms with Crippen LogP contribution in [-0.4, -0.2) is 16.8 Å². The number of benzene rings is 3. The summed E-state index contributed by atoms with van der Waals surface area (Å²) in [6, 6.07) is 26.3. The summed E-state index contributed by atoms with van der Waals surface area (Å²) in [7, 11) is -3.00. The van der Waals surface area contributed by atoms with Crippen LogP contribution in [0.15, 0.2) is 84.9 Å². The molecule has 0 radical (unpaired) electrons. The molecule has 0 aliphatic rings. The van der Waals surface area contributed by atoms with Gasteiger partial charge < -0.3 is 19.7 Å². The summed E-state index contributed by atoms with van der Waals surface area (Å²) in [4.78, 5) is 21.6. The monoisotopic (exact) mass is 425 g/mol.